The third kappa shape index (κ3) is 3.22. The fourth-order valence-electron chi connectivity index (χ4n) is 1.96. The molecule has 0 fully saturated rings. The van der Waals surface area contributed by atoms with Gasteiger partial charge in [0.15, 0.2) is 0 Å². The minimum absolute atomic E-state index is 0.0182. The number of aromatic nitrogens is 1. The quantitative estimate of drug-likeness (QED) is 0.931. The Bertz CT molecular complexity index is 667. The molecule has 20 heavy (non-hydrogen) atoms. The van der Waals surface area contributed by atoms with E-state index >= 15 is 0 Å². The Morgan fingerprint density at radius 1 is 1.30 bits per heavy atom. The van der Waals surface area contributed by atoms with Crippen LogP contribution in [0.15, 0.2) is 45.8 Å². The number of hydrogen-bond donors (Lipinski definition) is 1. The van der Waals surface area contributed by atoms with Gasteiger partial charge in [0.1, 0.15) is 5.75 Å². The highest BCUT2D eigenvalue weighted by atomic mass is 79.9. The zero-order valence-electron chi connectivity index (χ0n) is 11.7. The van der Waals surface area contributed by atoms with E-state index in [1.54, 1.807) is 37.1 Å². The van der Waals surface area contributed by atoms with Gasteiger partial charge in [-0.3, -0.25) is 4.79 Å². The van der Waals surface area contributed by atoms with Crippen LogP contribution in [0.3, 0.4) is 0 Å². The molecule has 0 radical (unpaired) electrons. The molecule has 0 bridgehead atoms. The predicted octanol–water partition coefficient (Wildman–Crippen LogP) is 3.33. The number of benzene rings is 1. The topological polar surface area (TPSA) is 43.3 Å². The van der Waals surface area contributed by atoms with Crippen molar-refractivity contribution in [2.75, 3.05) is 12.4 Å². The van der Waals surface area contributed by atoms with E-state index in [-0.39, 0.29) is 11.6 Å². The van der Waals surface area contributed by atoms with Gasteiger partial charge in [-0.2, -0.15) is 0 Å². The molecule has 1 unspecified atom stereocenters. The van der Waals surface area contributed by atoms with Gasteiger partial charge in [0, 0.05) is 25.4 Å². The third-order valence-electron chi connectivity index (χ3n) is 3.14. The van der Waals surface area contributed by atoms with E-state index in [1.165, 1.54) is 0 Å². The second-order valence-electron chi connectivity index (χ2n) is 4.63. The number of methoxy groups -OCH3 is 1. The summed E-state index contributed by atoms with van der Waals surface area (Å²) < 4.78 is 7.70. The van der Waals surface area contributed by atoms with Crippen molar-refractivity contribution in [3.63, 3.8) is 0 Å². The second-order valence-corrected chi connectivity index (χ2v) is 5.48. The predicted molar refractivity (Wildman–Crippen MR) is 84.4 cm³/mol. The van der Waals surface area contributed by atoms with Gasteiger partial charge in [0.05, 0.1) is 17.3 Å². The lowest BCUT2D eigenvalue weighted by Crippen LogP contribution is -2.16. The Balaban J connectivity index is 2.19. The van der Waals surface area contributed by atoms with Gasteiger partial charge in [0.25, 0.3) is 0 Å². The van der Waals surface area contributed by atoms with Gasteiger partial charge in [0.2, 0.25) is 5.56 Å². The van der Waals surface area contributed by atoms with Crippen molar-refractivity contribution in [1.29, 1.82) is 0 Å². The summed E-state index contributed by atoms with van der Waals surface area (Å²) in [5.74, 6) is 0.808. The van der Waals surface area contributed by atoms with Crippen molar-refractivity contribution in [3.05, 3.63) is 56.9 Å². The van der Waals surface area contributed by atoms with Gasteiger partial charge in [-0.25, -0.2) is 0 Å². The Morgan fingerprint density at radius 2 is 2.05 bits per heavy atom. The first kappa shape index (κ1) is 14.7. The normalized spacial score (nSPS) is 12.0. The highest BCUT2D eigenvalue weighted by molar-refractivity contribution is 9.10. The summed E-state index contributed by atoms with van der Waals surface area (Å²) in [5, 5.41) is 3.37. The van der Waals surface area contributed by atoms with Gasteiger partial charge < -0.3 is 14.6 Å². The van der Waals surface area contributed by atoms with E-state index in [0.717, 1.165) is 21.5 Å². The molecule has 1 atom stereocenters. The summed E-state index contributed by atoms with van der Waals surface area (Å²) in [6.07, 6.45) is 1.79. The first-order valence-electron chi connectivity index (χ1n) is 6.28. The van der Waals surface area contributed by atoms with Crippen LogP contribution in [-0.2, 0) is 7.05 Å². The molecular formula is C15H17BrN2O2. The van der Waals surface area contributed by atoms with Crippen molar-refractivity contribution in [2.24, 2.45) is 7.05 Å². The molecule has 0 saturated carbocycles. The molecule has 5 heteroatoms. The summed E-state index contributed by atoms with van der Waals surface area (Å²) in [5.41, 5.74) is 2.02. The van der Waals surface area contributed by atoms with Gasteiger partial charge in [-0.1, -0.05) is 6.07 Å². The Morgan fingerprint density at radius 3 is 2.65 bits per heavy atom. The molecule has 2 aromatic rings. The molecule has 0 aliphatic carbocycles. The molecule has 2 rings (SSSR count). The van der Waals surface area contributed by atoms with Gasteiger partial charge in [-0.15, -0.1) is 0 Å². The molecule has 1 aromatic carbocycles. The summed E-state index contributed by atoms with van der Waals surface area (Å²) in [4.78, 5) is 11.4. The van der Waals surface area contributed by atoms with E-state index in [0.29, 0.717) is 0 Å². The molecule has 1 N–H and O–H groups in total. The summed E-state index contributed by atoms with van der Waals surface area (Å²) >= 11 is 3.48. The molecule has 4 nitrogen and oxygen atoms in total. The maximum Gasteiger partial charge on any atom is 0.250 e. The van der Waals surface area contributed by atoms with Crippen LogP contribution in [0, 0.1) is 0 Å². The van der Waals surface area contributed by atoms with E-state index in [9.17, 15) is 4.79 Å². The van der Waals surface area contributed by atoms with E-state index in [4.69, 9.17) is 4.74 Å². The standard InChI is InChI=1S/C15H17BrN2O2/c1-10(11-4-6-14(20-3)13(16)8-11)17-12-5-7-15(19)18(2)9-12/h4-10,17H,1-3H3. The molecule has 1 aromatic heterocycles. The minimum atomic E-state index is -0.0182. The first-order chi connectivity index (χ1) is 9.51. The number of halogens is 1. The number of anilines is 1. The number of rotatable bonds is 4. The van der Waals surface area contributed by atoms with Crippen molar-refractivity contribution in [3.8, 4) is 5.75 Å². The monoisotopic (exact) mass is 336 g/mol. The van der Waals surface area contributed by atoms with Crippen LogP contribution in [0.1, 0.15) is 18.5 Å². The first-order valence-corrected chi connectivity index (χ1v) is 7.07. The minimum Gasteiger partial charge on any atom is -0.496 e. The largest absolute Gasteiger partial charge is 0.496 e. The number of hydrogen-bond acceptors (Lipinski definition) is 3. The van der Waals surface area contributed by atoms with E-state index < -0.39 is 0 Å². The maximum atomic E-state index is 11.4. The number of nitrogens with one attached hydrogen (secondary N) is 1. The number of nitrogens with zero attached hydrogens (tertiary/aromatic N) is 1. The highest BCUT2D eigenvalue weighted by Gasteiger charge is 2.08. The van der Waals surface area contributed by atoms with Crippen molar-refractivity contribution >= 4 is 21.6 Å². The molecule has 1 heterocycles. The van der Waals surface area contributed by atoms with Crippen LogP contribution < -0.4 is 15.6 Å². The van der Waals surface area contributed by atoms with Crippen LogP contribution in [0.4, 0.5) is 5.69 Å². The fraction of sp³-hybridized carbons (Fsp3) is 0.267. The Labute approximate surface area is 126 Å². The molecule has 0 aliphatic heterocycles. The smallest absolute Gasteiger partial charge is 0.250 e. The van der Waals surface area contributed by atoms with Crippen LogP contribution in [-0.4, -0.2) is 11.7 Å². The van der Waals surface area contributed by atoms with E-state index in [1.807, 2.05) is 18.2 Å². The molecule has 0 aliphatic rings. The van der Waals surface area contributed by atoms with Gasteiger partial charge in [-0.05, 0) is 46.6 Å². The summed E-state index contributed by atoms with van der Waals surface area (Å²) in [6.45, 7) is 2.07. The number of pyridine rings is 1. The van der Waals surface area contributed by atoms with Crippen LogP contribution >= 0.6 is 15.9 Å². The van der Waals surface area contributed by atoms with E-state index in [2.05, 4.69) is 28.2 Å². The lowest BCUT2D eigenvalue weighted by molar-refractivity contribution is 0.412. The maximum absolute atomic E-state index is 11.4. The van der Waals surface area contributed by atoms with Crippen LogP contribution in [0.25, 0.3) is 0 Å². The Kier molecular flexibility index (Phi) is 4.49. The zero-order valence-corrected chi connectivity index (χ0v) is 13.3. The molecule has 0 saturated heterocycles. The third-order valence-corrected chi connectivity index (χ3v) is 3.76. The SMILES string of the molecule is COc1ccc(C(C)Nc2ccc(=O)n(C)c2)cc1Br. The van der Waals surface area contributed by atoms with Crippen LogP contribution in [0.2, 0.25) is 0 Å². The molecule has 106 valence electrons. The summed E-state index contributed by atoms with van der Waals surface area (Å²) in [6, 6.07) is 9.44. The van der Waals surface area contributed by atoms with Crippen molar-refractivity contribution in [2.45, 2.75) is 13.0 Å². The fourth-order valence-corrected chi connectivity index (χ4v) is 2.52. The summed E-state index contributed by atoms with van der Waals surface area (Å²) in [7, 11) is 3.38. The zero-order chi connectivity index (χ0) is 14.7. The molecule has 0 spiro atoms. The number of aryl methyl sites for hydroxylation is 1. The van der Waals surface area contributed by atoms with Crippen LogP contribution in [0.5, 0.6) is 5.75 Å². The average molecular weight is 337 g/mol. The Hall–Kier alpha value is -1.75. The lowest BCUT2D eigenvalue weighted by Gasteiger charge is -2.17. The molecule has 0 amide bonds. The second kappa shape index (κ2) is 6.13. The van der Waals surface area contributed by atoms with Gasteiger partial charge >= 0.3 is 0 Å². The molecular weight excluding hydrogens is 320 g/mol. The lowest BCUT2D eigenvalue weighted by atomic mass is 10.1. The van der Waals surface area contributed by atoms with Crippen molar-refractivity contribution in [1.82, 2.24) is 4.57 Å². The van der Waals surface area contributed by atoms with Crippen molar-refractivity contribution < 1.29 is 4.74 Å². The number of ether oxygens (including phenoxy) is 1. The average Bonchev–Trinajstić information content (AvgIpc) is 2.42. The highest BCUT2D eigenvalue weighted by Crippen LogP contribution is 2.29.